The molecule has 0 aromatic rings. The summed E-state index contributed by atoms with van der Waals surface area (Å²) in [4.78, 5) is 0. The molecule has 0 saturated carbocycles. The average Bonchev–Trinajstić information content (AvgIpc) is 2.79. The van der Waals surface area contributed by atoms with Crippen molar-refractivity contribution < 1.29 is 18.1 Å². The van der Waals surface area contributed by atoms with Gasteiger partial charge in [-0.15, -0.1) is 0 Å². The summed E-state index contributed by atoms with van der Waals surface area (Å²) in [7, 11) is -3.55. The van der Waals surface area contributed by atoms with Gasteiger partial charge >= 0.3 is 7.82 Å². The molecule has 32 heavy (non-hydrogen) atoms. The van der Waals surface area contributed by atoms with Crippen LogP contribution in [0.1, 0.15) is 138 Å². The van der Waals surface area contributed by atoms with Crippen LogP contribution in [-0.4, -0.2) is 19.8 Å². The van der Waals surface area contributed by atoms with Gasteiger partial charge in [-0.25, -0.2) is 4.57 Å². The van der Waals surface area contributed by atoms with Crippen LogP contribution in [0.15, 0.2) is 0 Å². The molecule has 3 atom stereocenters. The van der Waals surface area contributed by atoms with Gasteiger partial charge in [-0.3, -0.25) is 13.6 Å². The lowest BCUT2D eigenvalue weighted by Crippen LogP contribution is -2.16. The van der Waals surface area contributed by atoms with Crippen LogP contribution >= 0.6 is 7.82 Å². The van der Waals surface area contributed by atoms with Crippen molar-refractivity contribution in [1.82, 2.24) is 0 Å². The van der Waals surface area contributed by atoms with Gasteiger partial charge in [0.1, 0.15) is 0 Å². The van der Waals surface area contributed by atoms with Gasteiger partial charge in [0.2, 0.25) is 0 Å². The molecule has 194 valence electrons. The van der Waals surface area contributed by atoms with Crippen molar-refractivity contribution in [3.63, 3.8) is 0 Å². The maximum atomic E-state index is 13.7. The molecule has 0 aromatic carbocycles. The Morgan fingerprint density at radius 3 is 0.969 bits per heavy atom. The van der Waals surface area contributed by atoms with Gasteiger partial charge in [-0.1, -0.05) is 99.3 Å². The number of hydrogen-bond donors (Lipinski definition) is 0. The molecule has 0 radical (unpaired) electrons. The highest BCUT2D eigenvalue weighted by molar-refractivity contribution is 7.48. The SMILES string of the molecule is CCCCC(CCC)COP(=O)(OCC(CCC)CCCC)OCC(CCC)CCCC. The number of unbranched alkanes of at least 4 members (excludes halogenated alkanes) is 3. The molecule has 0 aromatic heterocycles. The van der Waals surface area contributed by atoms with Crippen molar-refractivity contribution >= 4 is 7.82 Å². The monoisotopic (exact) mass is 476 g/mol. The van der Waals surface area contributed by atoms with Crippen LogP contribution in [-0.2, 0) is 18.1 Å². The van der Waals surface area contributed by atoms with Crippen molar-refractivity contribution in [2.45, 2.75) is 138 Å². The lowest BCUT2D eigenvalue weighted by atomic mass is 9.98. The molecular formula is C27H57O4P. The normalized spacial score (nSPS) is 16.6. The zero-order chi connectivity index (χ0) is 24.1. The van der Waals surface area contributed by atoms with Crippen LogP contribution in [0.3, 0.4) is 0 Å². The van der Waals surface area contributed by atoms with Gasteiger partial charge in [-0.2, -0.15) is 0 Å². The topological polar surface area (TPSA) is 44.8 Å². The maximum Gasteiger partial charge on any atom is 0.474 e. The van der Waals surface area contributed by atoms with E-state index in [-0.39, 0.29) is 0 Å². The molecule has 4 nitrogen and oxygen atoms in total. The fourth-order valence-electron chi connectivity index (χ4n) is 4.34. The number of hydrogen-bond acceptors (Lipinski definition) is 4. The Bertz CT molecular complexity index is 382. The van der Waals surface area contributed by atoms with Crippen molar-refractivity contribution in [2.75, 3.05) is 19.8 Å². The molecule has 0 amide bonds. The Morgan fingerprint density at radius 2 is 0.750 bits per heavy atom. The zero-order valence-corrected chi connectivity index (χ0v) is 23.4. The van der Waals surface area contributed by atoms with Crippen molar-refractivity contribution in [3.8, 4) is 0 Å². The Morgan fingerprint density at radius 1 is 0.469 bits per heavy atom. The minimum Gasteiger partial charge on any atom is -0.287 e. The molecule has 0 N–H and O–H groups in total. The molecular weight excluding hydrogens is 419 g/mol. The first-order chi connectivity index (χ1) is 15.5. The van der Waals surface area contributed by atoms with E-state index in [1.54, 1.807) is 0 Å². The van der Waals surface area contributed by atoms with Crippen LogP contribution in [0, 0.1) is 17.8 Å². The fourth-order valence-corrected chi connectivity index (χ4v) is 5.74. The van der Waals surface area contributed by atoms with Crippen LogP contribution in [0.25, 0.3) is 0 Å². The third-order valence-electron chi connectivity index (χ3n) is 6.39. The minimum atomic E-state index is -3.55. The molecule has 0 aliphatic heterocycles. The van der Waals surface area contributed by atoms with Crippen molar-refractivity contribution in [3.05, 3.63) is 0 Å². The van der Waals surface area contributed by atoms with Gasteiger partial charge < -0.3 is 0 Å². The maximum absolute atomic E-state index is 13.7. The first-order valence-corrected chi connectivity index (χ1v) is 15.5. The molecule has 0 bridgehead atoms. The summed E-state index contributed by atoms with van der Waals surface area (Å²) in [5, 5.41) is 0. The van der Waals surface area contributed by atoms with E-state index in [1.807, 2.05) is 0 Å². The zero-order valence-electron chi connectivity index (χ0n) is 22.5. The summed E-state index contributed by atoms with van der Waals surface area (Å²) < 4.78 is 31.7. The molecule has 0 saturated heterocycles. The number of phosphoric acid groups is 1. The summed E-state index contributed by atoms with van der Waals surface area (Å²) in [6.07, 6.45) is 17.1. The van der Waals surface area contributed by atoms with Crippen LogP contribution in [0.5, 0.6) is 0 Å². The van der Waals surface area contributed by atoms with E-state index < -0.39 is 7.82 Å². The second-order valence-corrected chi connectivity index (χ2v) is 11.4. The van der Waals surface area contributed by atoms with E-state index in [4.69, 9.17) is 13.6 Å². The summed E-state index contributed by atoms with van der Waals surface area (Å²) >= 11 is 0. The van der Waals surface area contributed by atoms with E-state index in [0.29, 0.717) is 37.6 Å². The number of rotatable bonds is 24. The van der Waals surface area contributed by atoms with Gasteiger partial charge in [0.25, 0.3) is 0 Å². The fraction of sp³-hybridized carbons (Fsp3) is 1.00. The van der Waals surface area contributed by atoms with Gasteiger partial charge in [-0.05, 0) is 56.3 Å². The molecule has 0 spiro atoms. The molecule has 0 rings (SSSR count). The third kappa shape index (κ3) is 16.7. The largest absolute Gasteiger partial charge is 0.474 e. The molecule has 0 aliphatic rings. The standard InChI is InChI=1S/C27H57O4P/c1-7-13-19-25(16-10-4)22-29-32(28,30-23-26(17-11-5)20-14-8-2)31-24-27(18-12-6)21-15-9-3/h25-27H,7-24H2,1-6H3. The van der Waals surface area contributed by atoms with E-state index >= 15 is 0 Å². The highest BCUT2D eigenvalue weighted by Crippen LogP contribution is 2.51. The Kier molecular flexibility index (Phi) is 21.7. The molecule has 5 heteroatoms. The summed E-state index contributed by atoms with van der Waals surface area (Å²) in [6, 6.07) is 0. The predicted octanol–water partition coefficient (Wildman–Crippen LogP) is 9.96. The Balaban J connectivity index is 5.15. The lowest BCUT2D eigenvalue weighted by molar-refractivity contribution is 0.0713. The van der Waals surface area contributed by atoms with Gasteiger partial charge in [0.15, 0.2) is 0 Å². The van der Waals surface area contributed by atoms with Crippen LogP contribution < -0.4 is 0 Å². The first kappa shape index (κ1) is 32.1. The first-order valence-electron chi connectivity index (χ1n) is 14.0. The highest BCUT2D eigenvalue weighted by atomic mass is 31.2. The van der Waals surface area contributed by atoms with Crippen molar-refractivity contribution in [1.29, 1.82) is 0 Å². The lowest BCUT2D eigenvalue weighted by Gasteiger charge is -2.25. The minimum absolute atomic E-state index is 0.429. The van der Waals surface area contributed by atoms with Crippen LogP contribution in [0.4, 0.5) is 0 Å². The Labute approximate surface area is 201 Å². The average molecular weight is 477 g/mol. The third-order valence-corrected chi connectivity index (χ3v) is 7.79. The van der Waals surface area contributed by atoms with E-state index in [2.05, 4.69) is 41.5 Å². The molecule has 0 heterocycles. The van der Waals surface area contributed by atoms with E-state index in [9.17, 15) is 4.57 Å². The molecule has 0 fully saturated rings. The van der Waals surface area contributed by atoms with Gasteiger partial charge in [0.05, 0.1) is 19.8 Å². The second kappa shape index (κ2) is 21.6. The highest BCUT2D eigenvalue weighted by Gasteiger charge is 2.30. The summed E-state index contributed by atoms with van der Waals surface area (Å²) in [5.41, 5.74) is 0. The van der Waals surface area contributed by atoms with E-state index in [1.165, 1.54) is 38.5 Å². The summed E-state index contributed by atoms with van der Waals surface area (Å²) in [6.45, 7) is 14.7. The quantitative estimate of drug-likeness (QED) is 0.130. The van der Waals surface area contributed by atoms with Gasteiger partial charge in [0, 0.05) is 0 Å². The molecule has 0 aliphatic carbocycles. The van der Waals surface area contributed by atoms with Crippen LogP contribution in [0.2, 0.25) is 0 Å². The number of phosphoric ester groups is 1. The predicted molar refractivity (Wildman–Crippen MR) is 139 cm³/mol. The second-order valence-electron chi connectivity index (χ2n) is 9.73. The smallest absolute Gasteiger partial charge is 0.287 e. The van der Waals surface area contributed by atoms with Crippen molar-refractivity contribution in [2.24, 2.45) is 17.8 Å². The van der Waals surface area contributed by atoms with E-state index in [0.717, 1.165) is 57.8 Å². The summed E-state index contributed by atoms with van der Waals surface area (Å²) in [5.74, 6) is 1.29. The Hall–Kier alpha value is 0.110. The molecule has 3 unspecified atom stereocenters.